The van der Waals surface area contributed by atoms with Gasteiger partial charge < -0.3 is 10.1 Å². The number of carbonyl (C=O) groups excluding carboxylic acids is 1. The fraction of sp³-hybridized carbons (Fsp3) is 0.562. The van der Waals surface area contributed by atoms with Crippen LogP contribution in [0, 0.1) is 0 Å². The van der Waals surface area contributed by atoms with Crippen molar-refractivity contribution in [1.82, 2.24) is 10.6 Å². The van der Waals surface area contributed by atoms with E-state index in [1.54, 1.807) is 13.8 Å². The van der Waals surface area contributed by atoms with Crippen molar-refractivity contribution in [2.45, 2.75) is 51.1 Å². The van der Waals surface area contributed by atoms with Gasteiger partial charge in [-0.25, -0.2) is 8.78 Å². The molecule has 2 rings (SSSR count). The van der Waals surface area contributed by atoms with Gasteiger partial charge in [0.15, 0.2) is 0 Å². The third-order valence-corrected chi connectivity index (χ3v) is 3.64. The molecule has 1 aliphatic rings. The van der Waals surface area contributed by atoms with Gasteiger partial charge in [0.2, 0.25) is 5.91 Å². The predicted octanol–water partition coefficient (Wildman–Crippen LogP) is 3.11. The lowest BCUT2D eigenvalue weighted by atomic mass is 10.1. The first-order chi connectivity index (χ1) is 11.5. The Morgan fingerprint density at radius 1 is 1.40 bits per heavy atom. The molecule has 1 aromatic rings. The molecule has 1 aromatic carbocycles. The van der Waals surface area contributed by atoms with Gasteiger partial charge in [-0.1, -0.05) is 6.07 Å². The highest BCUT2D eigenvalue weighted by molar-refractivity contribution is 5.82. The monoisotopic (exact) mass is 366 g/mol. The Hall–Kier alpha value is -1.90. The third kappa shape index (κ3) is 5.29. The predicted molar refractivity (Wildman–Crippen MR) is 80.4 cm³/mol. The van der Waals surface area contributed by atoms with E-state index in [0.717, 1.165) is 6.07 Å². The van der Waals surface area contributed by atoms with Gasteiger partial charge >= 0.3 is 6.18 Å². The normalized spacial score (nSPS) is 19.9. The molecule has 1 atom stereocenters. The quantitative estimate of drug-likeness (QED) is 0.788. The number of benzene rings is 1. The molecule has 0 aromatic heterocycles. The summed E-state index contributed by atoms with van der Waals surface area (Å²) in [6, 6.07) is 2.33. The number of hydrogen-bond donors (Lipinski definition) is 2. The molecule has 2 N–H and O–H groups in total. The van der Waals surface area contributed by atoms with E-state index < -0.39 is 49.1 Å². The van der Waals surface area contributed by atoms with Crippen molar-refractivity contribution in [1.29, 1.82) is 0 Å². The number of ether oxygens (including phenoxy) is 1. The highest BCUT2D eigenvalue weighted by Crippen LogP contribution is 2.34. The number of nitrogens with one attached hydrogen (secondary N) is 2. The van der Waals surface area contributed by atoms with Crippen molar-refractivity contribution in [2.75, 3.05) is 6.54 Å². The van der Waals surface area contributed by atoms with E-state index in [1.807, 2.05) is 0 Å². The molecule has 0 bridgehead atoms. The van der Waals surface area contributed by atoms with Crippen LogP contribution in [0.4, 0.5) is 22.0 Å². The molecule has 1 heterocycles. The van der Waals surface area contributed by atoms with Gasteiger partial charge in [0.05, 0.1) is 24.3 Å². The molecule has 0 spiro atoms. The number of alkyl halides is 5. The molecule has 0 radical (unpaired) electrons. The maximum absolute atomic E-state index is 13.2. The van der Waals surface area contributed by atoms with Crippen LogP contribution in [0.15, 0.2) is 18.2 Å². The minimum atomic E-state index is -4.63. The van der Waals surface area contributed by atoms with E-state index >= 15 is 0 Å². The standard InChI is InChI=1S/C16H19F5N2O2/c1-9(2)25-11-4-3-10(12(5-11)16(19,20)21)7-22-14(24)13-6-15(17,18)8-23-13/h3-5,9,13,23H,6-8H2,1-2H3,(H,22,24). The summed E-state index contributed by atoms with van der Waals surface area (Å²) in [5.74, 6) is -3.68. The number of halogens is 5. The van der Waals surface area contributed by atoms with Crippen LogP contribution in [0.3, 0.4) is 0 Å². The smallest absolute Gasteiger partial charge is 0.416 e. The van der Waals surface area contributed by atoms with Gasteiger partial charge in [0.1, 0.15) is 5.75 Å². The highest BCUT2D eigenvalue weighted by Gasteiger charge is 2.42. The third-order valence-electron chi connectivity index (χ3n) is 3.64. The summed E-state index contributed by atoms with van der Waals surface area (Å²) in [6.45, 7) is 2.33. The maximum atomic E-state index is 13.2. The van der Waals surface area contributed by atoms with Crippen LogP contribution in [-0.2, 0) is 17.5 Å². The second-order valence-corrected chi connectivity index (χ2v) is 6.19. The van der Waals surface area contributed by atoms with Crippen molar-refractivity contribution in [2.24, 2.45) is 0 Å². The van der Waals surface area contributed by atoms with Crippen LogP contribution < -0.4 is 15.4 Å². The minimum absolute atomic E-state index is 0.0644. The van der Waals surface area contributed by atoms with Crippen LogP contribution in [-0.4, -0.2) is 30.5 Å². The molecule has 1 aliphatic heterocycles. The summed E-state index contributed by atoms with van der Waals surface area (Å²) in [7, 11) is 0. The summed E-state index contributed by atoms with van der Waals surface area (Å²) in [6.07, 6.45) is -5.59. The van der Waals surface area contributed by atoms with E-state index in [9.17, 15) is 26.7 Å². The van der Waals surface area contributed by atoms with Crippen LogP contribution in [0.25, 0.3) is 0 Å². The Morgan fingerprint density at radius 2 is 2.08 bits per heavy atom. The van der Waals surface area contributed by atoms with E-state index in [-0.39, 0.29) is 17.4 Å². The molecular weight excluding hydrogens is 347 g/mol. The molecule has 1 fully saturated rings. The lowest BCUT2D eigenvalue weighted by Gasteiger charge is -2.17. The molecule has 1 saturated heterocycles. The molecule has 0 saturated carbocycles. The number of hydrogen-bond acceptors (Lipinski definition) is 3. The zero-order valence-corrected chi connectivity index (χ0v) is 13.7. The summed E-state index contributed by atoms with van der Waals surface area (Å²) < 4.78 is 71.1. The van der Waals surface area contributed by atoms with Crippen LogP contribution in [0.1, 0.15) is 31.4 Å². The van der Waals surface area contributed by atoms with Gasteiger partial charge in [-0.15, -0.1) is 0 Å². The van der Waals surface area contributed by atoms with E-state index in [4.69, 9.17) is 4.74 Å². The summed E-state index contributed by atoms with van der Waals surface area (Å²) in [4.78, 5) is 11.9. The molecule has 25 heavy (non-hydrogen) atoms. The molecule has 0 aliphatic carbocycles. The summed E-state index contributed by atoms with van der Waals surface area (Å²) in [5.41, 5.74) is -1.10. The van der Waals surface area contributed by atoms with Crippen molar-refractivity contribution >= 4 is 5.91 Å². The average Bonchev–Trinajstić information content (AvgIpc) is 2.84. The van der Waals surface area contributed by atoms with Gasteiger partial charge in [0, 0.05) is 13.0 Å². The lowest BCUT2D eigenvalue weighted by molar-refractivity contribution is -0.138. The van der Waals surface area contributed by atoms with E-state index in [0.29, 0.717) is 0 Å². The molecule has 1 unspecified atom stereocenters. The van der Waals surface area contributed by atoms with Crippen molar-refractivity contribution < 1.29 is 31.5 Å². The van der Waals surface area contributed by atoms with Crippen molar-refractivity contribution in [3.63, 3.8) is 0 Å². The summed E-state index contributed by atoms with van der Waals surface area (Å²) in [5, 5.41) is 4.63. The second-order valence-electron chi connectivity index (χ2n) is 6.19. The second kappa shape index (κ2) is 7.15. The highest BCUT2D eigenvalue weighted by atomic mass is 19.4. The Kier molecular flexibility index (Phi) is 5.55. The zero-order valence-electron chi connectivity index (χ0n) is 13.7. The van der Waals surface area contributed by atoms with Crippen LogP contribution in [0.5, 0.6) is 5.75 Å². The fourth-order valence-electron chi connectivity index (χ4n) is 2.53. The molecular formula is C16H19F5N2O2. The molecule has 9 heteroatoms. The lowest BCUT2D eigenvalue weighted by Crippen LogP contribution is -2.40. The summed E-state index contributed by atoms with van der Waals surface area (Å²) >= 11 is 0. The Balaban J connectivity index is 2.09. The zero-order chi connectivity index (χ0) is 18.8. The molecule has 1 amide bonds. The number of carbonyl (C=O) groups is 1. The maximum Gasteiger partial charge on any atom is 0.416 e. The first-order valence-corrected chi connectivity index (χ1v) is 7.73. The fourth-order valence-corrected chi connectivity index (χ4v) is 2.53. The topological polar surface area (TPSA) is 50.4 Å². The largest absolute Gasteiger partial charge is 0.491 e. The van der Waals surface area contributed by atoms with Gasteiger partial charge in [-0.3, -0.25) is 10.1 Å². The van der Waals surface area contributed by atoms with Gasteiger partial charge in [-0.2, -0.15) is 13.2 Å². The van der Waals surface area contributed by atoms with Gasteiger partial charge in [0.25, 0.3) is 5.92 Å². The number of amides is 1. The van der Waals surface area contributed by atoms with Crippen molar-refractivity contribution in [3.05, 3.63) is 29.3 Å². The molecule has 140 valence electrons. The minimum Gasteiger partial charge on any atom is -0.491 e. The van der Waals surface area contributed by atoms with Crippen molar-refractivity contribution in [3.8, 4) is 5.75 Å². The first-order valence-electron chi connectivity index (χ1n) is 7.73. The average molecular weight is 366 g/mol. The first kappa shape index (κ1) is 19.4. The van der Waals surface area contributed by atoms with Gasteiger partial charge in [-0.05, 0) is 31.5 Å². The van der Waals surface area contributed by atoms with E-state index in [2.05, 4.69) is 10.6 Å². The Bertz CT molecular complexity index is 631. The van der Waals surface area contributed by atoms with Crippen LogP contribution >= 0.6 is 0 Å². The SMILES string of the molecule is CC(C)Oc1ccc(CNC(=O)C2CC(F)(F)CN2)c(C(F)(F)F)c1. The van der Waals surface area contributed by atoms with Crippen LogP contribution in [0.2, 0.25) is 0 Å². The van der Waals surface area contributed by atoms with E-state index in [1.165, 1.54) is 12.1 Å². The Morgan fingerprint density at radius 3 is 2.60 bits per heavy atom. The number of rotatable bonds is 5. The molecule has 4 nitrogen and oxygen atoms in total. The Labute approximate surface area is 141 Å².